The molecule has 1 fully saturated rings. The summed E-state index contributed by atoms with van der Waals surface area (Å²) in [5.41, 5.74) is 2.41. The fourth-order valence-electron chi connectivity index (χ4n) is 2.97. The second-order valence-corrected chi connectivity index (χ2v) is 6.94. The second kappa shape index (κ2) is 7.35. The first-order valence-corrected chi connectivity index (χ1v) is 8.92. The number of hydrogen-bond donors (Lipinski definition) is 1. The van der Waals surface area contributed by atoms with Gasteiger partial charge in [-0.05, 0) is 54.4 Å². The molecule has 0 aromatic heterocycles. The Hall–Kier alpha value is -2.21. The SMILES string of the molecule is CCc1cc(Br)ccc1NC(=O)C1CC(=O)N(c2ccc(F)cc2)C1. The molecule has 4 nitrogen and oxygen atoms in total. The Morgan fingerprint density at radius 2 is 2.00 bits per heavy atom. The van der Waals surface area contributed by atoms with Crippen molar-refractivity contribution >= 4 is 39.1 Å². The Bertz CT molecular complexity index is 808. The summed E-state index contributed by atoms with van der Waals surface area (Å²) < 4.78 is 14.0. The molecule has 1 saturated heterocycles. The van der Waals surface area contributed by atoms with Gasteiger partial charge in [-0.3, -0.25) is 9.59 Å². The Kier molecular flexibility index (Phi) is 5.18. The van der Waals surface area contributed by atoms with E-state index in [2.05, 4.69) is 21.2 Å². The number of nitrogens with one attached hydrogen (secondary N) is 1. The summed E-state index contributed by atoms with van der Waals surface area (Å²) >= 11 is 3.43. The summed E-state index contributed by atoms with van der Waals surface area (Å²) in [6, 6.07) is 11.4. The molecule has 3 rings (SSSR count). The minimum atomic E-state index is -0.425. The van der Waals surface area contributed by atoms with E-state index in [4.69, 9.17) is 0 Å². The summed E-state index contributed by atoms with van der Waals surface area (Å²) in [4.78, 5) is 26.4. The van der Waals surface area contributed by atoms with Crippen molar-refractivity contribution in [2.75, 3.05) is 16.8 Å². The van der Waals surface area contributed by atoms with Gasteiger partial charge in [0.1, 0.15) is 5.82 Å². The first kappa shape index (κ1) is 17.6. The predicted octanol–water partition coefficient (Wildman–Crippen LogP) is 4.14. The van der Waals surface area contributed by atoms with Gasteiger partial charge in [-0.2, -0.15) is 0 Å². The number of hydrogen-bond acceptors (Lipinski definition) is 2. The smallest absolute Gasteiger partial charge is 0.229 e. The lowest BCUT2D eigenvalue weighted by Gasteiger charge is -2.17. The lowest BCUT2D eigenvalue weighted by Crippen LogP contribution is -2.28. The lowest BCUT2D eigenvalue weighted by atomic mass is 10.1. The van der Waals surface area contributed by atoms with Crippen molar-refractivity contribution in [3.05, 3.63) is 58.3 Å². The second-order valence-electron chi connectivity index (χ2n) is 6.03. The molecule has 0 aliphatic carbocycles. The van der Waals surface area contributed by atoms with Crippen molar-refractivity contribution in [3.63, 3.8) is 0 Å². The van der Waals surface area contributed by atoms with Gasteiger partial charge in [0, 0.05) is 28.8 Å². The van der Waals surface area contributed by atoms with Gasteiger partial charge < -0.3 is 10.2 Å². The van der Waals surface area contributed by atoms with Crippen molar-refractivity contribution in [2.45, 2.75) is 19.8 Å². The van der Waals surface area contributed by atoms with Crippen LogP contribution >= 0.6 is 15.9 Å². The molecule has 1 heterocycles. The van der Waals surface area contributed by atoms with E-state index in [1.165, 1.54) is 17.0 Å². The van der Waals surface area contributed by atoms with Gasteiger partial charge in [-0.25, -0.2) is 4.39 Å². The normalized spacial score (nSPS) is 17.0. The van der Waals surface area contributed by atoms with Crippen molar-refractivity contribution in [1.29, 1.82) is 0 Å². The molecule has 0 bridgehead atoms. The maximum atomic E-state index is 13.0. The monoisotopic (exact) mass is 404 g/mol. The molecular weight excluding hydrogens is 387 g/mol. The molecule has 6 heteroatoms. The first-order valence-electron chi connectivity index (χ1n) is 8.13. The van der Waals surface area contributed by atoms with Crippen molar-refractivity contribution in [3.8, 4) is 0 Å². The highest BCUT2D eigenvalue weighted by Crippen LogP contribution is 2.27. The molecule has 2 aromatic carbocycles. The number of anilines is 2. The molecule has 1 aliphatic rings. The van der Waals surface area contributed by atoms with Crippen LogP contribution in [-0.4, -0.2) is 18.4 Å². The summed E-state index contributed by atoms with van der Waals surface area (Å²) in [5, 5.41) is 2.93. The summed E-state index contributed by atoms with van der Waals surface area (Å²) in [6.07, 6.45) is 0.946. The molecule has 0 spiro atoms. The third-order valence-corrected chi connectivity index (χ3v) is 4.83. The molecule has 1 N–H and O–H groups in total. The van der Waals surface area contributed by atoms with Gasteiger partial charge in [0.15, 0.2) is 0 Å². The van der Waals surface area contributed by atoms with E-state index in [9.17, 15) is 14.0 Å². The maximum Gasteiger partial charge on any atom is 0.229 e. The number of carbonyl (C=O) groups excluding carboxylic acids is 2. The highest BCUT2D eigenvalue weighted by Gasteiger charge is 2.35. The van der Waals surface area contributed by atoms with E-state index in [0.29, 0.717) is 12.2 Å². The van der Waals surface area contributed by atoms with Gasteiger partial charge >= 0.3 is 0 Å². The van der Waals surface area contributed by atoms with Crippen LogP contribution in [-0.2, 0) is 16.0 Å². The van der Waals surface area contributed by atoms with Crippen LogP contribution in [0.4, 0.5) is 15.8 Å². The van der Waals surface area contributed by atoms with Crippen LogP contribution in [0, 0.1) is 11.7 Å². The third kappa shape index (κ3) is 3.90. The van der Waals surface area contributed by atoms with Crippen LogP contribution in [0.5, 0.6) is 0 Å². The van der Waals surface area contributed by atoms with Crippen LogP contribution in [0.1, 0.15) is 18.9 Å². The Morgan fingerprint density at radius 3 is 2.68 bits per heavy atom. The zero-order chi connectivity index (χ0) is 18.0. The summed E-state index contributed by atoms with van der Waals surface area (Å²) in [5.74, 6) is -1.08. The number of benzene rings is 2. The van der Waals surface area contributed by atoms with Crippen LogP contribution in [0.3, 0.4) is 0 Å². The highest BCUT2D eigenvalue weighted by atomic mass is 79.9. The summed E-state index contributed by atoms with van der Waals surface area (Å²) in [6.45, 7) is 2.32. The van der Waals surface area contributed by atoms with E-state index >= 15 is 0 Å². The van der Waals surface area contributed by atoms with E-state index < -0.39 is 5.92 Å². The number of rotatable bonds is 4. The Balaban J connectivity index is 1.72. The van der Waals surface area contributed by atoms with E-state index in [0.717, 1.165) is 22.1 Å². The average Bonchev–Trinajstić information content (AvgIpc) is 2.99. The molecule has 1 atom stereocenters. The number of amides is 2. The Morgan fingerprint density at radius 1 is 1.28 bits per heavy atom. The standard InChI is InChI=1S/C19H18BrFN2O2/c1-2-12-9-14(20)3-8-17(12)22-19(25)13-10-18(24)23(11-13)16-6-4-15(21)5-7-16/h3-9,13H,2,10-11H2,1H3,(H,22,25). The van der Waals surface area contributed by atoms with E-state index in [1.54, 1.807) is 12.1 Å². The van der Waals surface area contributed by atoms with Crippen molar-refractivity contribution < 1.29 is 14.0 Å². The molecule has 0 radical (unpaired) electrons. The molecule has 2 amide bonds. The number of aryl methyl sites for hydroxylation is 1. The van der Waals surface area contributed by atoms with Crippen molar-refractivity contribution in [2.24, 2.45) is 5.92 Å². The van der Waals surface area contributed by atoms with Crippen LogP contribution in [0.15, 0.2) is 46.9 Å². The molecular formula is C19H18BrFN2O2. The zero-order valence-corrected chi connectivity index (χ0v) is 15.3. The predicted molar refractivity (Wildman–Crippen MR) is 99.0 cm³/mol. The zero-order valence-electron chi connectivity index (χ0n) is 13.8. The minimum absolute atomic E-state index is 0.127. The highest BCUT2D eigenvalue weighted by molar-refractivity contribution is 9.10. The molecule has 130 valence electrons. The van der Waals surface area contributed by atoms with Crippen LogP contribution in [0.25, 0.3) is 0 Å². The number of halogens is 2. The van der Waals surface area contributed by atoms with Gasteiger partial charge in [-0.1, -0.05) is 22.9 Å². The lowest BCUT2D eigenvalue weighted by molar-refractivity contribution is -0.122. The molecule has 1 aliphatic heterocycles. The maximum absolute atomic E-state index is 13.0. The molecule has 2 aromatic rings. The number of carbonyl (C=O) groups is 2. The summed E-state index contributed by atoms with van der Waals surface area (Å²) in [7, 11) is 0. The van der Waals surface area contributed by atoms with E-state index in [1.807, 2.05) is 25.1 Å². The fraction of sp³-hybridized carbons (Fsp3) is 0.263. The minimum Gasteiger partial charge on any atom is -0.326 e. The van der Waals surface area contributed by atoms with Crippen LogP contribution in [0.2, 0.25) is 0 Å². The third-order valence-electron chi connectivity index (χ3n) is 4.34. The Labute approximate surface area is 154 Å². The largest absolute Gasteiger partial charge is 0.326 e. The van der Waals surface area contributed by atoms with Gasteiger partial charge in [0.05, 0.1) is 5.92 Å². The first-order chi connectivity index (χ1) is 12.0. The molecule has 1 unspecified atom stereocenters. The topological polar surface area (TPSA) is 49.4 Å². The molecule has 0 saturated carbocycles. The van der Waals surface area contributed by atoms with Gasteiger partial charge in [0.25, 0.3) is 0 Å². The van der Waals surface area contributed by atoms with Gasteiger partial charge in [-0.15, -0.1) is 0 Å². The quantitative estimate of drug-likeness (QED) is 0.831. The van der Waals surface area contributed by atoms with E-state index in [-0.39, 0.29) is 24.1 Å². The fourth-order valence-corrected chi connectivity index (χ4v) is 3.37. The van der Waals surface area contributed by atoms with Crippen molar-refractivity contribution in [1.82, 2.24) is 0 Å². The average molecular weight is 405 g/mol. The van der Waals surface area contributed by atoms with Crippen LogP contribution < -0.4 is 10.2 Å². The molecule has 25 heavy (non-hydrogen) atoms. The number of nitrogens with zero attached hydrogens (tertiary/aromatic N) is 1. The van der Waals surface area contributed by atoms with Gasteiger partial charge in [0.2, 0.25) is 11.8 Å².